The van der Waals surface area contributed by atoms with E-state index in [0.29, 0.717) is 11.6 Å². The van der Waals surface area contributed by atoms with E-state index in [1.807, 2.05) is 36.4 Å². The van der Waals surface area contributed by atoms with Gasteiger partial charge in [-0.1, -0.05) is 35.3 Å². The Hall–Kier alpha value is -0.700. The van der Waals surface area contributed by atoms with Gasteiger partial charge in [0.2, 0.25) is 0 Å². The molecule has 88 valence electrons. The Morgan fingerprint density at radius 1 is 1.00 bits per heavy atom. The lowest BCUT2D eigenvalue weighted by molar-refractivity contribution is 0.306. The number of hydrogen-bond donors (Lipinski definition) is 0. The summed E-state index contributed by atoms with van der Waals surface area (Å²) in [7, 11) is 0. The van der Waals surface area contributed by atoms with E-state index in [1.54, 1.807) is 6.07 Å². The fourth-order valence-electron chi connectivity index (χ4n) is 1.31. The first-order valence-electron chi connectivity index (χ1n) is 4.97. The third-order valence-electron chi connectivity index (χ3n) is 2.21. The molecular formula is C13H9BrCl2O. The van der Waals surface area contributed by atoms with Crippen molar-refractivity contribution in [1.82, 2.24) is 0 Å². The van der Waals surface area contributed by atoms with Gasteiger partial charge in [0.1, 0.15) is 12.4 Å². The molecule has 0 N–H and O–H groups in total. The van der Waals surface area contributed by atoms with E-state index >= 15 is 0 Å². The minimum atomic E-state index is 0.495. The third kappa shape index (κ3) is 3.63. The fraction of sp³-hybridized carbons (Fsp3) is 0.0769. The highest BCUT2D eigenvalue weighted by Gasteiger charge is 2.00. The summed E-state index contributed by atoms with van der Waals surface area (Å²) >= 11 is 15.1. The van der Waals surface area contributed by atoms with Gasteiger partial charge in [-0.2, -0.15) is 0 Å². The lowest BCUT2D eigenvalue weighted by Crippen LogP contribution is -1.94. The quantitative estimate of drug-likeness (QED) is 0.738. The minimum Gasteiger partial charge on any atom is -0.489 e. The summed E-state index contributed by atoms with van der Waals surface area (Å²) in [6.07, 6.45) is 0. The zero-order chi connectivity index (χ0) is 12.3. The monoisotopic (exact) mass is 330 g/mol. The van der Waals surface area contributed by atoms with Crippen LogP contribution in [0, 0.1) is 0 Å². The standard InChI is InChI=1S/C13H9BrCl2O/c14-12-6-5-11(7-13(12)16)17-8-9-1-3-10(15)4-2-9/h1-7H,8H2. The van der Waals surface area contributed by atoms with Gasteiger partial charge in [-0.15, -0.1) is 0 Å². The molecule has 17 heavy (non-hydrogen) atoms. The Morgan fingerprint density at radius 3 is 2.35 bits per heavy atom. The molecule has 1 nitrogen and oxygen atoms in total. The lowest BCUT2D eigenvalue weighted by Gasteiger charge is -2.07. The Labute approximate surface area is 118 Å². The van der Waals surface area contributed by atoms with E-state index < -0.39 is 0 Å². The van der Waals surface area contributed by atoms with Gasteiger partial charge in [-0.3, -0.25) is 0 Å². The number of hydrogen-bond acceptors (Lipinski definition) is 1. The molecule has 0 aliphatic heterocycles. The molecule has 0 fully saturated rings. The molecule has 0 aliphatic carbocycles. The van der Waals surface area contributed by atoms with Gasteiger partial charge in [0.15, 0.2) is 0 Å². The molecule has 0 aliphatic rings. The molecule has 0 radical (unpaired) electrons. The summed E-state index contributed by atoms with van der Waals surface area (Å²) in [6.45, 7) is 0.495. The smallest absolute Gasteiger partial charge is 0.121 e. The molecule has 0 aromatic heterocycles. The third-order valence-corrected chi connectivity index (χ3v) is 3.69. The number of halogens is 3. The molecule has 4 heteroatoms. The summed E-state index contributed by atoms with van der Waals surface area (Å²) in [4.78, 5) is 0. The van der Waals surface area contributed by atoms with Gasteiger partial charge in [-0.05, 0) is 51.8 Å². The van der Waals surface area contributed by atoms with Gasteiger partial charge in [0.25, 0.3) is 0 Å². The van der Waals surface area contributed by atoms with Crippen LogP contribution in [0.15, 0.2) is 46.9 Å². The van der Waals surface area contributed by atoms with Crippen LogP contribution in [0.1, 0.15) is 5.56 Å². The SMILES string of the molecule is Clc1ccc(COc2ccc(Br)c(Cl)c2)cc1. The molecule has 0 atom stereocenters. The maximum absolute atomic E-state index is 5.97. The van der Waals surface area contributed by atoms with Crippen molar-refractivity contribution in [2.75, 3.05) is 0 Å². The molecule has 0 heterocycles. The van der Waals surface area contributed by atoms with Crippen LogP contribution in [0.4, 0.5) is 0 Å². The second kappa shape index (κ2) is 5.76. The normalized spacial score (nSPS) is 10.3. The molecule has 2 aromatic rings. The predicted molar refractivity (Wildman–Crippen MR) is 74.9 cm³/mol. The van der Waals surface area contributed by atoms with Gasteiger partial charge in [0, 0.05) is 9.50 Å². The minimum absolute atomic E-state index is 0.495. The average molecular weight is 332 g/mol. The maximum Gasteiger partial charge on any atom is 0.121 e. The van der Waals surface area contributed by atoms with Crippen molar-refractivity contribution in [2.24, 2.45) is 0 Å². The van der Waals surface area contributed by atoms with E-state index in [2.05, 4.69) is 15.9 Å². The van der Waals surface area contributed by atoms with Crippen LogP contribution < -0.4 is 4.74 Å². The Bertz CT molecular complexity index is 511. The average Bonchev–Trinajstić information content (AvgIpc) is 2.33. The highest BCUT2D eigenvalue weighted by atomic mass is 79.9. The van der Waals surface area contributed by atoms with Gasteiger partial charge >= 0.3 is 0 Å². The first-order chi connectivity index (χ1) is 8.15. The highest BCUT2D eigenvalue weighted by molar-refractivity contribution is 9.10. The lowest BCUT2D eigenvalue weighted by atomic mass is 10.2. The largest absolute Gasteiger partial charge is 0.489 e. The number of ether oxygens (including phenoxy) is 1. The Balaban J connectivity index is 2.02. The summed E-state index contributed by atoms with van der Waals surface area (Å²) in [5.41, 5.74) is 1.06. The van der Waals surface area contributed by atoms with Gasteiger partial charge in [-0.25, -0.2) is 0 Å². The molecule has 0 saturated carbocycles. The van der Waals surface area contributed by atoms with Crippen LogP contribution in [-0.4, -0.2) is 0 Å². The van der Waals surface area contributed by atoms with Crippen molar-refractivity contribution in [3.05, 3.63) is 62.5 Å². The summed E-state index contributed by atoms with van der Waals surface area (Å²) in [5, 5.41) is 1.36. The van der Waals surface area contributed by atoms with E-state index in [1.165, 1.54) is 0 Å². The van der Waals surface area contributed by atoms with Crippen molar-refractivity contribution in [2.45, 2.75) is 6.61 Å². The molecule has 2 aromatic carbocycles. The fourth-order valence-corrected chi connectivity index (χ4v) is 1.86. The van der Waals surface area contributed by atoms with Crippen LogP contribution in [0.3, 0.4) is 0 Å². The topological polar surface area (TPSA) is 9.23 Å². The first-order valence-corrected chi connectivity index (χ1v) is 6.52. The van der Waals surface area contributed by atoms with Crippen molar-refractivity contribution in [3.8, 4) is 5.75 Å². The van der Waals surface area contributed by atoms with Crippen LogP contribution in [-0.2, 0) is 6.61 Å². The van der Waals surface area contributed by atoms with Crippen molar-refractivity contribution in [3.63, 3.8) is 0 Å². The summed E-state index contributed by atoms with van der Waals surface area (Å²) < 4.78 is 6.48. The highest BCUT2D eigenvalue weighted by Crippen LogP contribution is 2.27. The van der Waals surface area contributed by atoms with E-state index in [-0.39, 0.29) is 0 Å². The summed E-state index contributed by atoms with van der Waals surface area (Å²) in [6, 6.07) is 13.1. The Kier molecular flexibility index (Phi) is 4.32. The molecule has 0 saturated heterocycles. The molecular weight excluding hydrogens is 323 g/mol. The van der Waals surface area contributed by atoms with E-state index in [4.69, 9.17) is 27.9 Å². The van der Waals surface area contributed by atoms with E-state index in [0.717, 1.165) is 20.8 Å². The summed E-state index contributed by atoms with van der Waals surface area (Å²) in [5.74, 6) is 0.744. The van der Waals surface area contributed by atoms with Crippen LogP contribution in [0.2, 0.25) is 10.0 Å². The van der Waals surface area contributed by atoms with Crippen molar-refractivity contribution < 1.29 is 4.74 Å². The molecule has 0 unspecified atom stereocenters. The van der Waals surface area contributed by atoms with Crippen LogP contribution in [0.5, 0.6) is 5.75 Å². The zero-order valence-corrected chi connectivity index (χ0v) is 11.9. The van der Waals surface area contributed by atoms with E-state index in [9.17, 15) is 0 Å². The first kappa shape index (κ1) is 12.7. The maximum atomic E-state index is 5.97. The van der Waals surface area contributed by atoms with Crippen LogP contribution in [0.25, 0.3) is 0 Å². The second-order valence-electron chi connectivity index (χ2n) is 3.49. The molecule has 2 rings (SSSR count). The number of benzene rings is 2. The van der Waals surface area contributed by atoms with Gasteiger partial charge < -0.3 is 4.74 Å². The number of rotatable bonds is 3. The van der Waals surface area contributed by atoms with Gasteiger partial charge in [0.05, 0.1) is 5.02 Å². The van der Waals surface area contributed by atoms with Crippen molar-refractivity contribution >= 4 is 39.1 Å². The Morgan fingerprint density at radius 2 is 1.71 bits per heavy atom. The predicted octanol–water partition coefficient (Wildman–Crippen LogP) is 5.33. The molecule has 0 amide bonds. The molecule has 0 spiro atoms. The molecule has 0 bridgehead atoms. The zero-order valence-electron chi connectivity index (χ0n) is 8.79. The van der Waals surface area contributed by atoms with Crippen LogP contribution >= 0.6 is 39.1 Å². The van der Waals surface area contributed by atoms with Crippen molar-refractivity contribution in [1.29, 1.82) is 0 Å². The second-order valence-corrected chi connectivity index (χ2v) is 5.19.